The molecule has 0 fully saturated rings. The summed E-state index contributed by atoms with van der Waals surface area (Å²) in [4.78, 5) is 0. The third kappa shape index (κ3) is 3.42. The summed E-state index contributed by atoms with van der Waals surface area (Å²) in [5, 5.41) is 3.39. The first-order chi connectivity index (χ1) is 7.71. The molecule has 16 heavy (non-hydrogen) atoms. The number of hydrogen-bond acceptors (Lipinski definition) is 3. The third-order valence-electron chi connectivity index (χ3n) is 2.54. The van der Waals surface area contributed by atoms with E-state index in [0.29, 0.717) is 6.04 Å². The van der Waals surface area contributed by atoms with E-state index in [1.807, 2.05) is 12.1 Å². The standard InChI is InChI=1S/C13H21NO2/c1-5-14-10(2)8-11-6-7-12(15-3)13(9-11)16-4/h6-7,9-10,14H,5,8H2,1-4H3. The van der Waals surface area contributed by atoms with Crippen molar-refractivity contribution in [2.45, 2.75) is 26.3 Å². The van der Waals surface area contributed by atoms with Gasteiger partial charge in [0.15, 0.2) is 11.5 Å². The Morgan fingerprint density at radius 2 is 1.88 bits per heavy atom. The van der Waals surface area contributed by atoms with E-state index in [1.165, 1.54) is 5.56 Å². The van der Waals surface area contributed by atoms with Gasteiger partial charge in [0.05, 0.1) is 14.2 Å². The number of rotatable bonds is 6. The first kappa shape index (κ1) is 12.8. The van der Waals surface area contributed by atoms with Crippen LogP contribution in [0.3, 0.4) is 0 Å². The molecule has 1 atom stereocenters. The number of benzene rings is 1. The smallest absolute Gasteiger partial charge is 0.160 e. The van der Waals surface area contributed by atoms with Gasteiger partial charge in [0.25, 0.3) is 0 Å². The van der Waals surface area contributed by atoms with E-state index in [0.717, 1.165) is 24.5 Å². The summed E-state index contributed by atoms with van der Waals surface area (Å²) in [6.45, 7) is 5.29. The van der Waals surface area contributed by atoms with Crippen LogP contribution in [0.15, 0.2) is 18.2 Å². The summed E-state index contributed by atoms with van der Waals surface area (Å²) in [5.41, 5.74) is 1.26. The minimum Gasteiger partial charge on any atom is -0.493 e. The van der Waals surface area contributed by atoms with E-state index >= 15 is 0 Å². The van der Waals surface area contributed by atoms with Gasteiger partial charge in [-0.15, -0.1) is 0 Å². The second kappa shape index (κ2) is 6.38. The van der Waals surface area contributed by atoms with Crippen molar-refractivity contribution in [1.29, 1.82) is 0 Å². The predicted molar refractivity (Wildman–Crippen MR) is 66.4 cm³/mol. The maximum absolute atomic E-state index is 5.27. The summed E-state index contributed by atoms with van der Waals surface area (Å²) in [6, 6.07) is 6.54. The zero-order valence-electron chi connectivity index (χ0n) is 10.5. The molecule has 0 amide bonds. The molecule has 0 aromatic heterocycles. The van der Waals surface area contributed by atoms with Crippen LogP contribution in [0.2, 0.25) is 0 Å². The van der Waals surface area contributed by atoms with Crippen LogP contribution in [0.1, 0.15) is 19.4 Å². The Balaban J connectivity index is 2.74. The molecule has 0 bridgehead atoms. The number of hydrogen-bond donors (Lipinski definition) is 1. The molecule has 1 unspecified atom stereocenters. The Labute approximate surface area is 97.8 Å². The van der Waals surface area contributed by atoms with Crippen LogP contribution in [0.25, 0.3) is 0 Å². The highest BCUT2D eigenvalue weighted by atomic mass is 16.5. The van der Waals surface area contributed by atoms with Gasteiger partial charge < -0.3 is 14.8 Å². The highest BCUT2D eigenvalue weighted by Crippen LogP contribution is 2.27. The molecule has 0 aliphatic heterocycles. The van der Waals surface area contributed by atoms with Gasteiger partial charge >= 0.3 is 0 Å². The monoisotopic (exact) mass is 223 g/mol. The summed E-state index contributed by atoms with van der Waals surface area (Å²) < 4.78 is 10.5. The van der Waals surface area contributed by atoms with Gasteiger partial charge in [-0.25, -0.2) is 0 Å². The van der Waals surface area contributed by atoms with Crippen molar-refractivity contribution in [1.82, 2.24) is 5.32 Å². The zero-order chi connectivity index (χ0) is 12.0. The van der Waals surface area contributed by atoms with E-state index < -0.39 is 0 Å². The average Bonchev–Trinajstić information content (AvgIpc) is 2.29. The molecule has 0 spiro atoms. The third-order valence-corrected chi connectivity index (χ3v) is 2.54. The largest absolute Gasteiger partial charge is 0.493 e. The fourth-order valence-electron chi connectivity index (χ4n) is 1.78. The highest BCUT2D eigenvalue weighted by molar-refractivity contribution is 5.43. The van der Waals surface area contributed by atoms with E-state index in [-0.39, 0.29) is 0 Å². The Morgan fingerprint density at radius 3 is 2.44 bits per heavy atom. The van der Waals surface area contributed by atoms with Crippen molar-refractivity contribution in [2.75, 3.05) is 20.8 Å². The van der Waals surface area contributed by atoms with E-state index in [4.69, 9.17) is 9.47 Å². The SMILES string of the molecule is CCNC(C)Cc1ccc(OC)c(OC)c1. The van der Waals surface area contributed by atoms with Crippen LogP contribution in [0, 0.1) is 0 Å². The molecule has 0 radical (unpaired) electrons. The fraction of sp³-hybridized carbons (Fsp3) is 0.538. The summed E-state index contributed by atoms with van der Waals surface area (Å²) in [5.74, 6) is 1.58. The maximum Gasteiger partial charge on any atom is 0.160 e. The first-order valence-electron chi connectivity index (χ1n) is 5.65. The van der Waals surface area contributed by atoms with Gasteiger partial charge in [0.2, 0.25) is 0 Å². The quantitative estimate of drug-likeness (QED) is 0.802. The van der Waals surface area contributed by atoms with Gasteiger partial charge in [-0.3, -0.25) is 0 Å². The van der Waals surface area contributed by atoms with Crippen LogP contribution in [-0.2, 0) is 6.42 Å². The van der Waals surface area contributed by atoms with Crippen LogP contribution < -0.4 is 14.8 Å². The molecule has 90 valence electrons. The number of nitrogens with one attached hydrogen (secondary N) is 1. The number of likely N-dealkylation sites (N-methyl/N-ethyl adjacent to an activating group) is 1. The second-order valence-corrected chi connectivity index (χ2v) is 3.85. The van der Waals surface area contributed by atoms with Crippen molar-refractivity contribution in [3.63, 3.8) is 0 Å². The lowest BCUT2D eigenvalue weighted by atomic mass is 10.1. The highest BCUT2D eigenvalue weighted by Gasteiger charge is 2.07. The zero-order valence-corrected chi connectivity index (χ0v) is 10.5. The summed E-state index contributed by atoms with van der Waals surface area (Å²) in [7, 11) is 3.31. The molecule has 0 saturated heterocycles. The van der Waals surface area contributed by atoms with Crippen molar-refractivity contribution < 1.29 is 9.47 Å². The fourth-order valence-corrected chi connectivity index (χ4v) is 1.78. The van der Waals surface area contributed by atoms with Crippen molar-refractivity contribution >= 4 is 0 Å². The number of ether oxygens (including phenoxy) is 2. The molecule has 3 heteroatoms. The number of methoxy groups -OCH3 is 2. The minimum atomic E-state index is 0.475. The van der Waals surface area contributed by atoms with Gasteiger partial charge in [-0.05, 0) is 37.6 Å². The first-order valence-corrected chi connectivity index (χ1v) is 5.65. The lowest BCUT2D eigenvalue weighted by Crippen LogP contribution is -2.27. The predicted octanol–water partition coefficient (Wildman–Crippen LogP) is 2.24. The molecule has 1 aromatic carbocycles. The lowest BCUT2D eigenvalue weighted by molar-refractivity contribution is 0.354. The van der Waals surface area contributed by atoms with Crippen LogP contribution in [-0.4, -0.2) is 26.8 Å². The molecular formula is C13H21NO2. The summed E-state index contributed by atoms with van der Waals surface area (Å²) >= 11 is 0. The molecule has 3 nitrogen and oxygen atoms in total. The molecule has 1 N–H and O–H groups in total. The average molecular weight is 223 g/mol. The van der Waals surface area contributed by atoms with Crippen LogP contribution in [0.5, 0.6) is 11.5 Å². The Morgan fingerprint density at radius 1 is 1.19 bits per heavy atom. The normalized spacial score (nSPS) is 12.2. The van der Waals surface area contributed by atoms with Gasteiger partial charge in [-0.1, -0.05) is 13.0 Å². The molecule has 0 heterocycles. The van der Waals surface area contributed by atoms with Crippen molar-refractivity contribution in [3.05, 3.63) is 23.8 Å². The maximum atomic E-state index is 5.27. The van der Waals surface area contributed by atoms with Crippen molar-refractivity contribution in [3.8, 4) is 11.5 Å². The molecule has 0 saturated carbocycles. The van der Waals surface area contributed by atoms with E-state index in [9.17, 15) is 0 Å². The molecule has 1 aromatic rings. The Hall–Kier alpha value is -1.22. The minimum absolute atomic E-state index is 0.475. The Bertz CT molecular complexity index is 326. The topological polar surface area (TPSA) is 30.5 Å². The van der Waals surface area contributed by atoms with Crippen molar-refractivity contribution in [2.24, 2.45) is 0 Å². The van der Waals surface area contributed by atoms with E-state index in [2.05, 4.69) is 25.2 Å². The Kier molecular flexibility index (Phi) is 5.12. The van der Waals surface area contributed by atoms with Crippen LogP contribution >= 0.6 is 0 Å². The molecular weight excluding hydrogens is 202 g/mol. The lowest BCUT2D eigenvalue weighted by Gasteiger charge is -2.14. The molecule has 1 rings (SSSR count). The summed E-state index contributed by atoms with van der Waals surface area (Å²) in [6.07, 6.45) is 0.994. The van der Waals surface area contributed by atoms with Gasteiger partial charge in [0.1, 0.15) is 0 Å². The van der Waals surface area contributed by atoms with Gasteiger partial charge in [-0.2, -0.15) is 0 Å². The van der Waals surface area contributed by atoms with Gasteiger partial charge in [0, 0.05) is 6.04 Å². The van der Waals surface area contributed by atoms with E-state index in [1.54, 1.807) is 14.2 Å². The molecule has 0 aliphatic rings. The second-order valence-electron chi connectivity index (χ2n) is 3.85. The molecule has 0 aliphatic carbocycles. The van der Waals surface area contributed by atoms with Crippen LogP contribution in [0.4, 0.5) is 0 Å².